The fourth-order valence-corrected chi connectivity index (χ4v) is 6.31. The highest BCUT2D eigenvalue weighted by molar-refractivity contribution is 9.10. The van der Waals surface area contributed by atoms with E-state index < -0.39 is 5.54 Å². The molecule has 0 aromatic heterocycles. The number of methoxy groups -OCH3 is 1. The van der Waals surface area contributed by atoms with Crippen LogP contribution in [0.5, 0.6) is 0 Å². The van der Waals surface area contributed by atoms with Crippen molar-refractivity contribution in [1.82, 2.24) is 10.2 Å². The molecule has 1 amide bonds. The first kappa shape index (κ1) is 32.0. The second kappa shape index (κ2) is 14.7. The summed E-state index contributed by atoms with van der Waals surface area (Å²) in [6, 6.07) is 6.40. The molecule has 5 rings (SSSR count). The standard InChI is InChI=1S/C20H23BrN2O3S.4C2H6/c1-25-15-4-6-19(7-5-15)9-12-2-3-13(21)8-16(12)20(19)17(24)23(18(27)22-20)14-10-26-11-14;4*1-2/h2-3,8,14-15H,4-7,9-11H2,1H3,(H,22,27);4*1-2H3. The van der Waals surface area contributed by atoms with E-state index in [9.17, 15) is 4.79 Å². The van der Waals surface area contributed by atoms with E-state index in [0.717, 1.165) is 42.1 Å². The van der Waals surface area contributed by atoms with Crippen molar-refractivity contribution in [1.29, 1.82) is 0 Å². The maximum atomic E-state index is 13.9. The SMILES string of the molecule is CC.CC.CC.CC.COC1CCC2(CC1)Cc1ccc(Br)cc1C21NC(=S)N(C2COC2)C1=O. The molecule has 1 N–H and O–H groups in total. The molecule has 0 bridgehead atoms. The van der Waals surface area contributed by atoms with Crippen LogP contribution >= 0.6 is 28.1 Å². The van der Waals surface area contributed by atoms with Crippen molar-refractivity contribution in [3.8, 4) is 0 Å². The largest absolute Gasteiger partial charge is 0.381 e. The van der Waals surface area contributed by atoms with E-state index in [-0.39, 0.29) is 23.5 Å². The van der Waals surface area contributed by atoms with Crippen LogP contribution in [-0.2, 0) is 26.2 Å². The molecule has 4 aliphatic rings. The molecule has 1 aromatic carbocycles. The number of benzene rings is 1. The molecule has 5 nitrogen and oxygen atoms in total. The Kier molecular flexibility index (Phi) is 13.4. The molecule has 2 heterocycles. The van der Waals surface area contributed by atoms with E-state index in [1.807, 2.05) is 55.4 Å². The normalized spacial score (nSPS) is 28.2. The minimum Gasteiger partial charge on any atom is -0.381 e. The van der Waals surface area contributed by atoms with Crippen molar-refractivity contribution >= 4 is 39.2 Å². The van der Waals surface area contributed by atoms with Crippen LogP contribution < -0.4 is 5.32 Å². The predicted molar refractivity (Wildman–Crippen MR) is 154 cm³/mol. The monoisotopic (exact) mass is 570 g/mol. The third kappa shape index (κ3) is 5.63. The van der Waals surface area contributed by atoms with Crippen LogP contribution in [0, 0.1) is 5.41 Å². The number of carbonyl (C=O) groups is 1. The van der Waals surface area contributed by atoms with Gasteiger partial charge in [-0.2, -0.15) is 0 Å². The average Bonchev–Trinajstić information content (AvgIpc) is 3.30. The summed E-state index contributed by atoms with van der Waals surface area (Å²) in [5, 5.41) is 4.10. The van der Waals surface area contributed by atoms with Crippen LogP contribution in [0.2, 0.25) is 0 Å². The Morgan fingerprint density at radius 1 is 1.06 bits per heavy atom. The van der Waals surface area contributed by atoms with E-state index >= 15 is 0 Å². The average molecular weight is 572 g/mol. The summed E-state index contributed by atoms with van der Waals surface area (Å²) < 4.78 is 11.9. The zero-order valence-corrected chi connectivity index (χ0v) is 25.7. The minimum absolute atomic E-state index is 0.0560. The van der Waals surface area contributed by atoms with Crippen molar-refractivity contribution in [3.63, 3.8) is 0 Å². The number of hydrogen-bond donors (Lipinski definition) is 1. The van der Waals surface area contributed by atoms with Crippen LogP contribution in [-0.4, -0.2) is 48.4 Å². The van der Waals surface area contributed by atoms with Crippen molar-refractivity contribution in [3.05, 3.63) is 33.8 Å². The van der Waals surface area contributed by atoms with Crippen LogP contribution in [0.15, 0.2) is 22.7 Å². The van der Waals surface area contributed by atoms with Crippen LogP contribution in [0.4, 0.5) is 0 Å². The number of nitrogens with one attached hydrogen (secondary N) is 1. The molecule has 2 aliphatic carbocycles. The molecule has 1 aromatic rings. The van der Waals surface area contributed by atoms with Gasteiger partial charge in [-0.05, 0) is 67.6 Å². The Morgan fingerprint density at radius 3 is 2.11 bits per heavy atom. The summed E-state index contributed by atoms with van der Waals surface area (Å²) in [6.45, 7) is 17.1. The number of thiocarbonyl (C=S) groups is 1. The fraction of sp³-hybridized carbons (Fsp3) is 0.714. The highest BCUT2D eigenvalue weighted by Crippen LogP contribution is 2.60. The first-order chi connectivity index (χ1) is 17.0. The van der Waals surface area contributed by atoms with E-state index in [2.05, 4.69) is 39.4 Å². The molecule has 0 radical (unpaired) electrons. The second-order valence-corrected chi connectivity index (χ2v) is 9.54. The van der Waals surface area contributed by atoms with E-state index in [0.29, 0.717) is 18.3 Å². The van der Waals surface area contributed by atoms with Gasteiger partial charge in [-0.15, -0.1) is 0 Å². The van der Waals surface area contributed by atoms with Crippen molar-refractivity contribution < 1.29 is 14.3 Å². The number of nitrogens with zero attached hydrogens (tertiary/aromatic N) is 1. The Morgan fingerprint density at radius 2 is 1.63 bits per heavy atom. The molecule has 1 unspecified atom stereocenters. The molecule has 7 heteroatoms. The van der Waals surface area contributed by atoms with Crippen LogP contribution in [0.1, 0.15) is 92.2 Å². The van der Waals surface area contributed by atoms with Crippen molar-refractivity contribution in [2.24, 2.45) is 5.41 Å². The van der Waals surface area contributed by atoms with Gasteiger partial charge in [0.2, 0.25) is 0 Å². The van der Waals surface area contributed by atoms with Gasteiger partial charge in [0.05, 0.1) is 25.4 Å². The van der Waals surface area contributed by atoms with Gasteiger partial charge in [0.15, 0.2) is 10.7 Å². The lowest BCUT2D eigenvalue weighted by Gasteiger charge is -2.47. The molecule has 2 spiro atoms. The summed E-state index contributed by atoms with van der Waals surface area (Å²) in [5.41, 5.74) is 1.41. The third-order valence-corrected chi connectivity index (χ3v) is 7.85. The molecule has 3 fully saturated rings. The number of halogens is 1. The second-order valence-electron chi connectivity index (χ2n) is 8.24. The highest BCUT2D eigenvalue weighted by Gasteiger charge is 2.68. The first-order valence-electron chi connectivity index (χ1n) is 13.6. The lowest BCUT2D eigenvalue weighted by Crippen LogP contribution is -2.58. The molecular weight excluding hydrogens is 524 g/mol. The maximum Gasteiger partial charge on any atom is 0.260 e. The summed E-state index contributed by atoms with van der Waals surface area (Å²) in [7, 11) is 1.78. The Balaban J connectivity index is 0.000000699. The maximum absolute atomic E-state index is 13.9. The van der Waals surface area contributed by atoms with Gasteiger partial charge >= 0.3 is 0 Å². The van der Waals surface area contributed by atoms with E-state index in [1.54, 1.807) is 12.0 Å². The summed E-state index contributed by atoms with van der Waals surface area (Å²) in [5.74, 6) is 0.105. The summed E-state index contributed by atoms with van der Waals surface area (Å²) in [6.07, 6.45) is 5.04. The molecule has 1 atom stereocenters. The van der Waals surface area contributed by atoms with Crippen molar-refractivity contribution in [2.75, 3.05) is 20.3 Å². The Hall–Kier alpha value is -1.02. The van der Waals surface area contributed by atoms with Gasteiger partial charge in [-0.3, -0.25) is 9.69 Å². The van der Waals surface area contributed by atoms with Crippen LogP contribution in [0.25, 0.3) is 0 Å². The minimum atomic E-state index is -0.766. The fourth-order valence-electron chi connectivity index (χ4n) is 5.56. The molecule has 2 saturated heterocycles. The van der Waals surface area contributed by atoms with Gasteiger partial charge < -0.3 is 14.8 Å². The van der Waals surface area contributed by atoms with Gasteiger partial charge in [0.1, 0.15) is 0 Å². The first-order valence-corrected chi connectivity index (χ1v) is 14.8. The number of carbonyl (C=O) groups excluding carboxylic acids is 1. The molecule has 35 heavy (non-hydrogen) atoms. The number of amides is 1. The number of ether oxygens (including phenoxy) is 2. The predicted octanol–water partition coefficient (Wildman–Crippen LogP) is 7.00. The van der Waals surface area contributed by atoms with Crippen LogP contribution in [0.3, 0.4) is 0 Å². The lowest BCUT2D eigenvalue weighted by atomic mass is 9.61. The molecular formula is C28H47BrN2O3S. The summed E-state index contributed by atoms with van der Waals surface area (Å²) in [4.78, 5) is 15.7. The molecule has 200 valence electrons. The smallest absolute Gasteiger partial charge is 0.260 e. The van der Waals surface area contributed by atoms with Gasteiger partial charge in [-0.1, -0.05) is 77.4 Å². The third-order valence-electron chi connectivity index (χ3n) is 7.06. The number of fused-ring (bicyclic) bond motifs is 3. The van der Waals surface area contributed by atoms with E-state index in [1.165, 1.54) is 5.56 Å². The molecule has 1 saturated carbocycles. The lowest BCUT2D eigenvalue weighted by molar-refractivity contribution is -0.146. The van der Waals surface area contributed by atoms with Gasteiger partial charge in [0, 0.05) is 17.0 Å². The van der Waals surface area contributed by atoms with E-state index in [4.69, 9.17) is 21.7 Å². The molecule has 2 aliphatic heterocycles. The summed E-state index contributed by atoms with van der Waals surface area (Å²) >= 11 is 9.27. The zero-order chi connectivity index (χ0) is 26.8. The highest BCUT2D eigenvalue weighted by atomic mass is 79.9. The van der Waals surface area contributed by atoms with Crippen molar-refractivity contribution in [2.45, 2.75) is 105 Å². The Bertz CT molecular complexity index is 822. The zero-order valence-electron chi connectivity index (χ0n) is 23.3. The topological polar surface area (TPSA) is 50.8 Å². The number of hydrogen-bond acceptors (Lipinski definition) is 4. The number of rotatable bonds is 2. The quantitative estimate of drug-likeness (QED) is 0.388. The van der Waals surface area contributed by atoms with Gasteiger partial charge in [0.25, 0.3) is 5.91 Å². The Labute approximate surface area is 227 Å². The van der Waals surface area contributed by atoms with Gasteiger partial charge in [-0.25, -0.2) is 0 Å².